The van der Waals surface area contributed by atoms with Crippen LogP contribution in [-0.4, -0.2) is 23.9 Å². The molecule has 1 fully saturated rings. The van der Waals surface area contributed by atoms with Gasteiger partial charge in [0.05, 0.1) is 5.56 Å². The molecule has 1 saturated carbocycles. The molecule has 4 heteroatoms. The molecule has 0 radical (unpaired) electrons. The van der Waals surface area contributed by atoms with Crippen molar-refractivity contribution in [3.63, 3.8) is 0 Å². The lowest BCUT2D eigenvalue weighted by atomic mass is 10.1. The van der Waals surface area contributed by atoms with Crippen LogP contribution in [0.25, 0.3) is 0 Å². The highest BCUT2D eigenvalue weighted by Gasteiger charge is 2.25. The first-order chi connectivity index (χ1) is 8.09. The molecule has 0 bridgehead atoms. The summed E-state index contributed by atoms with van der Waals surface area (Å²) in [6.07, 6.45) is 4.52. The number of carbonyl (C=O) groups excluding carboxylic acids is 1. The molecule has 0 heterocycles. The summed E-state index contributed by atoms with van der Waals surface area (Å²) in [6.45, 7) is 0. The van der Waals surface area contributed by atoms with Gasteiger partial charge in [0, 0.05) is 17.6 Å². The minimum absolute atomic E-state index is 0.0382. The van der Waals surface area contributed by atoms with Gasteiger partial charge in [-0.15, -0.1) is 0 Å². The molecule has 0 spiro atoms. The molecule has 1 aromatic carbocycles. The third-order valence-corrected chi connectivity index (χ3v) is 4.01. The smallest absolute Gasteiger partial charge is 0.254 e. The number of nitrogens with zero attached hydrogens (tertiary/aromatic N) is 1. The Kier molecular flexibility index (Phi) is 3.82. The summed E-state index contributed by atoms with van der Waals surface area (Å²) < 4.78 is 13.5. The van der Waals surface area contributed by atoms with Crippen LogP contribution in [0, 0.1) is 5.82 Å². The molecule has 0 atom stereocenters. The van der Waals surface area contributed by atoms with Gasteiger partial charge in [0.1, 0.15) is 5.82 Å². The minimum Gasteiger partial charge on any atom is -0.339 e. The van der Waals surface area contributed by atoms with Gasteiger partial charge in [0.2, 0.25) is 0 Å². The van der Waals surface area contributed by atoms with Crippen LogP contribution >= 0.6 is 15.9 Å². The van der Waals surface area contributed by atoms with E-state index in [1.54, 1.807) is 4.90 Å². The highest BCUT2D eigenvalue weighted by molar-refractivity contribution is 9.10. The number of rotatable bonds is 2. The normalized spacial score (nSPS) is 16.2. The van der Waals surface area contributed by atoms with E-state index >= 15 is 0 Å². The quantitative estimate of drug-likeness (QED) is 0.817. The number of carbonyl (C=O) groups is 1. The van der Waals surface area contributed by atoms with Crippen molar-refractivity contribution in [3.8, 4) is 0 Å². The van der Waals surface area contributed by atoms with E-state index in [9.17, 15) is 9.18 Å². The second-order valence-corrected chi connectivity index (χ2v) is 5.33. The Hall–Kier alpha value is -0.900. The van der Waals surface area contributed by atoms with Crippen LogP contribution < -0.4 is 0 Å². The zero-order valence-electron chi connectivity index (χ0n) is 9.75. The maximum absolute atomic E-state index is 13.0. The highest BCUT2D eigenvalue weighted by Crippen LogP contribution is 2.26. The summed E-state index contributed by atoms with van der Waals surface area (Å²) in [7, 11) is 1.83. The summed E-state index contributed by atoms with van der Waals surface area (Å²) in [4.78, 5) is 14.0. The summed E-state index contributed by atoms with van der Waals surface area (Å²) in [5.41, 5.74) is 0.529. The predicted octanol–water partition coefficient (Wildman–Crippen LogP) is 3.60. The Balaban J connectivity index is 2.18. The van der Waals surface area contributed by atoms with Crippen LogP contribution in [0.1, 0.15) is 36.0 Å². The Bertz CT molecular complexity index is 429. The van der Waals surface area contributed by atoms with Crippen molar-refractivity contribution in [2.24, 2.45) is 0 Å². The SMILES string of the molecule is CN(C(=O)c1ccc(F)cc1Br)C1CCCC1. The van der Waals surface area contributed by atoms with E-state index in [0.29, 0.717) is 16.1 Å². The molecular weight excluding hydrogens is 285 g/mol. The van der Waals surface area contributed by atoms with E-state index in [-0.39, 0.29) is 11.7 Å². The molecular formula is C13H15BrFNO. The van der Waals surface area contributed by atoms with E-state index in [1.807, 2.05) is 7.05 Å². The summed E-state index contributed by atoms with van der Waals surface area (Å²) in [6, 6.07) is 4.52. The summed E-state index contributed by atoms with van der Waals surface area (Å²) in [5, 5.41) is 0. The van der Waals surface area contributed by atoms with Crippen molar-refractivity contribution < 1.29 is 9.18 Å². The molecule has 0 unspecified atom stereocenters. The number of hydrogen-bond acceptors (Lipinski definition) is 1. The number of hydrogen-bond donors (Lipinski definition) is 0. The van der Waals surface area contributed by atoms with Gasteiger partial charge in [0.25, 0.3) is 5.91 Å². The number of halogens is 2. The van der Waals surface area contributed by atoms with E-state index < -0.39 is 0 Å². The van der Waals surface area contributed by atoms with Crippen molar-refractivity contribution in [2.45, 2.75) is 31.7 Å². The topological polar surface area (TPSA) is 20.3 Å². The minimum atomic E-state index is -0.336. The zero-order valence-corrected chi connectivity index (χ0v) is 11.3. The standard InChI is InChI=1S/C13H15BrFNO/c1-16(10-4-2-3-5-10)13(17)11-7-6-9(15)8-12(11)14/h6-8,10H,2-5H2,1H3. The van der Waals surface area contributed by atoms with Crippen molar-refractivity contribution >= 4 is 21.8 Å². The van der Waals surface area contributed by atoms with Gasteiger partial charge < -0.3 is 4.90 Å². The van der Waals surface area contributed by atoms with Crippen LogP contribution in [0.2, 0.25) is 0 Å². The van der Waals surface area contributed by atoms with Gasteiger partial charge in [0.15, 0.2) is 0 Å². The fourth-order valence-corrected chi connectivity index (χ4v) is 2.83. The van der Waals surface area contributed by atoms with Gasteiger partial charge in [-0.2, -0.15) is 0 Å². The lowest BCUT2D eigenvalue weighted by Crippen LogP contribution is -2.35. The fourth-order valence-electron chi connectivity index (χ4n) is 2.31. The number of amides is 1. The van der Waals surface area contributed by atoms with Crippen LogP contribution in [0.4, 0.5) is 4.39 Å². The molecule has 17 heavy (non-hydrogen) atoms. The second kappa shape index (κ2) is 5.17. The molecule has 1 aliphatic rings. The zero-order chi connectivity index (χ0) is 12.4. The molecule has 2 rings (SSSR count). The first-order valence-electron chi connectivity index (χ1n) is 5.82. The maximum atomic E-state index is 13.0. The van der Waals surface area contributed by atoms with Gasteiger partial charge in [-0.3, -0.25) is 4.79 Å². The van der Waals surface area contributed by atoms with Crippen LogP contribution in [-0.2, 0) is 0 Å². The Morgan fingerprint density at radius 1 is 1.41 bits per heavy atom. The van der Waals surface area contributed by atoms with E-state index in [1.165, 1.54) is 31.0 Å². The third kappa shape index (κ3) is 2.68. The van der Waals surface area contributed by atoms with E-state index in [2.05, 4.69) is 15.9 Å². The molecule has 1 aromatic rings. The fraction of sp³-hybridized carbons (Fsp3) is 0.462. The van der Waals surface area contributed by atoms with Gasteiger partial charge in [-0.05, 0) is 47.0 Å². The lowest BCUT2D eigenvalue weighted by molar-refractivity contribution is 0.0734. The van der Waals surface area contributed by atoms with Crippen LogP contribution in [0.3, 0.4) is 0 Å². The van der Waals surface area contributed by atoms with Crippen molar-refractivity contribution in [1.82, 2.24) is 4.90 Å². The van der Waals surface area contributed by atoms with Crippen LogP contribution in [0.15, 0.2) is 22.7 Å². The predicted molar refractivity (Wildman–Crippen MR) is 68.4 cm³/mol. The van der Waals surface area contributed by atoms with E-state index in [0.717, 1.165) is 12.8 Å². The monoisotopic (exact) mass is 299 g/mol. The molecule has 92 valence electrons. The van der Waals surface area contributed by atoms with E-state index in [4.69, 9.17) is 0 Å². The number of benzene rings is 1. The van der Waals surface area contributed by atoms with Crippen molar-refractivity contribution in [3.05, 3.63) is 34.1 Å². The molecule has 0 aliphatic heterocycles. The van der Waals surface area contributed by atoms with Gasteiger partial charge in [-0.25, -0.2) is 4.39 Å². The molecule has 0 N–H and O–H groups in total. The van der Waals surface area contributed by atoms with Gasteiger partial charge >= 0.3 is 0 Å². The second-order valence-electron chi connectivity index (χ2n) is 4.48. The average Bonchev–Trinajstić information content (AvgIpc) is 2.80. The molecule has 0 aromatic heterocycles. The van der Waals surface area contributed by atoms with Crippen LogP contribution in [0.5, 0.6) is 0 Å². The lowest BCUT2D eigenvalue weighted by Gasteiger charge is -2.24. The Morgan fingerprint density at radius 3 is 2.65 bits per heavy atom. The largest absolute Gasteiger partial charge is 0.339 e. The maximum Gasteiger partial charge on any atom is 0.254 e. The molecule has 0 saturated heterocycles. The third-order valence-electron chi connectivity index (χ3n) is 3.35. The first kappa shape index (κ1) is 12.6. The average molecular weight is 300 g/mol. The Morgan fingerprint density at radius 2 is 2.06 bits per heavy atom. The molecule has 2 nitrogen and oxygen atoms in total. The van der Waals surface area contributed by atoms with Crippen molar-refractivity contribution in [1.29, 1.82) is 0 Å². The highest BCUT2D eigenvalue weighted by atomic mass is 79.9. The molecule has 1 aliphatic carbocycles. The summed E-state index contributed by atoms with van der Waals surface area (Å²) in [5.74, 6) is -0.374. The van der Waals surface area contributed by atoms with Gasteiger partial charge in [-0.1, -0.05) is 12.8 Å². The Labute approximate surface area is 109 Å². The molecule has 1 amide bonds. The van der Waals surface area contributed by atoms with Crippen molar-refractivity contribution in [2.75, 3.05) is 7.05 Å². The summed E-state index contributed by atoms with van der Waals surface area (Å²) >= 11 is 3.24. The first-order valence-corrected chi connectivity index (χ1v) is 6.61.